The predicted molar refractivity (Wildman–Crippen MR) is 124 cm³/mol. The van der Waals surface area contributed by atoms with Gasteiger partial charge in [-0.1, -0.05) is 42.5 Å². The number of nitrogens with one attached hydrogen (secondary N) is 1. The van der Waals surface area contributed by atoms with Crippen molar-refractivity contribution in [2.24, 2.45) is 0 Å². The van der Waals surface area contributed by atoms with Gasteiger partial charge in [0.05, 0.1) is 13.2 Å². The molecule has 0 saturated carbocycles. The Kier molecular flexibility index (Phi) is 9.83. The number of ether oxygens (including phenoxy) is 2. The maximum absolute atomic E-state index is 10.7. The highest BCUT2D eigenvalue weighted by atomic mass is 16.5. The minimum atomic E-state index is -0.728. The van der Waals surface area contributed by atoms with Crippen molar-refractivity contribution in [3.63, 3.8) is 0 Å². The molecule has 0 atom stereocenters. The standard InChI is InChI=1S/C25H34N2O4/c28-25(29)12-3-1-2-7-21(19-26-13-14-27-15-17-30-18-16-27)20-31-24-11-6-9-22-8-4-5-10-23(22)24/h4-11,26H,1-3,12-20H2,(H,28,29)/b21-7+. The van der Waals surface area contributed by atoms with E-state index in [4.69, 9.17) is 14.6 Å². The summed E-state index contributed by atoms with van der Waals surface area (Å²) in [5, 5.41) is 14.6. The maximum Gasteiger partial charge on any atom is 0.303 e. The Bertz CT molecular complexity index is 841. The number of carboxylic acids is 1. The zero-order chi connectivity index (χ0) is 21.7. The van der Waals surface area contributed by atoms with E-state index in [1.165, 1.54) is 11.0 Å². The van der Waals surface area contributed by atoms with E-state index in [0.717, 1.165) is 69.9 Å². The molecule has 0 spiro atoms. The second-order valence-corrected chi connectivity index (χ2v) is 7.90. The van der Waals surface area contributed by atoms with Crippen LogP contribution in [0.3, 0.4) is 0 Å². The molecule has 2 aromatic rings. The van der Waals surface area contributed by atoms with Crippen molar-refractivity contribution in [2.75, 3.05) is 52.5 Å². The number of carbonyl (C=O) groups is 1. The normalized spacial score (nSPS) is 15.3. The first-order chi connectivity index (χ1) is 15.2. The maximum atomic E-state index is 10.7. The third-order valence-electron chi connectivity index (χ3n) is 5.50. The zero-order valence-corrected chi connectivity index (χ0v) is 18.2. The number of hydrogen-bond acceptors (Lipinski definition) is 5. The summed E-state index contributed by atoms with van der Waals surface area (Å²) >= 11 is 0. The summed E-state index contributed by atoms with van der Waals surface area (Å²) in [6.07, 6.45) is 4.88. The Morgan fingerprint density at radius 3 is 2.77 bits per heavy atom. The molecule has 1 saturated heterocycles. The minimum Gasteiger partial charge on any atom is -0.489 e. The Morgan fingerprint density at radius 1 is 1.13 bits per heavy atom. The van der Waals surface area contributed by atoms with Gasteiger partial charge in [-0.15, -0.1) is 0 Å². The average Bonchev–Trinajstić information content (AvgIpc) is 2.80. The molecule has 2 aromatic carbocycles. The first kappa shape index (κ1) is 23.3. The van der Waals surface area contributed by atoms with Gasteiger partial charge in [-0.25, -0.2) is 0 Å². The SMILES string of the molecule is O=C(O)CCCC/C=C(\CNCCN1CCOCC1)COc1cccc2ccccc12. The van der Waals surface area contributed by atoms with Gasteiger partial charge in [-0.05, 0) is 36.3 Å². The molecule has 31 heavy (non-hydrogen) atoms. The number of fused-ring (bicyclic) bond motifs is 1. The highest BCUT2D eigenvalue weighted by Gasteiger charge is 2.09. The molecule has 0 amide bonds. The fourth-order valence-electron chi connectivity index (χ4n) is 3.71. The lowest BCUT2D eigenvalue weighted by Gasteiger charge is -2.26. The molecule has 6 nitrogen and oxygen atoms in total. The largest absolute Gasteiger partial charge is 0.489 e. The van der Waals surface area contributed by atoms with Crippen LogP contribution in [0, 0.1) is 0 Å². The van der Waals surface area contributed by atoms with E-state index in [-0.39, 0.29) is 6.42 Å². The molecule has 3 rings (SSSR count). The third kappa shape index (κ3) is 8.32. The Labute approximate surface area is 184 Å². The highest BCUT2D eigenvalue weighted by molar-refractivity contribution is 5.88. The second kappa shape index (κ2) is 13.1. The van der Waals surface area contributed by atoms with Crippen molar-refractivity contribution in [3.05, 3.63) is 54.1 Å². The molecule has 168 valence electrons. The molecule has 0 aliphatic carbocycles. The van der Waals surface area contributed by atoms with Gasteiger partial charge >= 0.3 is 5.97 Å². The summed E-state index contributed by atoms with van der Waals surface area (Å²) in [6, 6.07) is 14.4. The van der Waals surface area contributed by atoms with Gasteiger partial charge < -0.3 is 19.9 Å². The van der Waals surface area contributed by atoms with Crippen LogP contribution in [0.5, 0.6) is 5.75 Å². The Balaban J connectivity index is 1.51. The van der Waals surface area contributed by atoms with Crippen molar-refractivity contribution in [2.45, 2.75) is 25.7 Å². The molecule has 2 N–H and O–H groups in total. The van der Waals surface area contributed by atoms with Gasteiger partial charge in [0.1, 0.15) is 12.4 Å². The van der Waals surface area contributed by atoms with E-state index >= 15 is 0 Å². The average molecular weight is 427 g/mol. The summed E-state index contributed by atoms with van der Waals surface area (Å²) in [6.45, 7) is 6.87. The van der Waals surface area contributed by atoms with E-state index in [1.54, 1.807) is 0 Å². The van der Waals surface area contributed by atoms with E-state index in [2.05, 4.69) is 34.5 Å². The van der Waals surface area contributed by atoms with Crippen LogP contribution in [-0.2, 0) is 9.53 Å². The van der Waals surface area contributed by atoms with Gasteiger partial charge in [0.25, 0.3) is 0 Å². The fourth-order valence-corrected chi connectivity index (χ4v) is 3.71. The Hall–Kier alpha value is -2.41. The van der Waals surface area contributed by atoms with Gasteiger partial charge in [0.15, 0.2) is 0 Å². The first-order valence-electron chi connectivity index (χ1n) is 11.2. The summed E-state index contributed by atoms with van der Waals surface area (Å²) in [4.78, 5) is 13.1. The molecule has 0 aromatic heterocycles. The number of carboxylic acid groups (broad SMARTS) is 1. The minimum absolute atomic E-state index is 0.230. The number of rotatable bonds is 13. The molecule has 1 aliphatic rings. The van der Waals surface area contributed by atoms with Crippen LogP contribution in [0.25, 0.3) is 10.8 Å². The molecular weight excluding hydrogens is 392 g/mol. The number of nitrogens with zero attached hydrogens (tertiary/aromatic N) is 1. The van der Waals surface area contributed by atoms with E-state index < -0.39 is 5.97 Å². The molecule has 6 heteroatoms. The van der Waals surface area contributed by atoms with Gasteiger partial charge in [0, 0.05) is 44.5 Å². The molecule has 0 bridgehead atoms. The summed E-state index contributed by atoms with van der Waals surface area (Å²) in [5.41, 5.74) is 1.20. The van der Waals surface area contributed by atoms with Crippen LogP contribution in [-0.4, -0.2) is 68.5 Å². The van der Waals surface area contributed by atoms with E-state index in [9.17, 15) is 4.79 Å². The van der Waals surface area contributed by atoms with Crippen molar-refractivity contribution in [1.82, 2.24) is 10.2 Å². The topological polar surface area (TPSA) is 71.0 Å². The van der Waals surface area contributed by atoms with Crippen molar-refractivity contribution in [3.8, 4) is 5.75 Å². The zero-order valence-electron chi connectivity index (χ0n) is 18.2. The number of benzene rings is 2. The van der Waals surface area contributed by atoms with Crippen LogP contribution in [0.4, 0.5) is 0 Å². The highest BCUT2D eigenvalue weighted by Crippen LogP contribution is 2.25. The van der Waals surface area contributed by atoms with Crippen molar-refractivity contribution in [1.29, 1.82) is 0 Å². The smallest absolute Gasteiger partial charge is 0.303 e. The van der Waals surface area contributed by atoms with Crippen molar-refractivity contribution >= 4 is 16.7 Å². The summed E-state index contributed by atoms with van der Waals surface area (Å²) < 4.78 is 11.6. The van der Waals surface area contributed by atoms with Crippen LogP contribution < -0.4 is 10.1 Å². The van der Waals surface area contributed by atoms with Crippen LogP contribution in [0.15, 0.2) is 54.1 Å². The lowest BCUT2D eigenvalue weighted by atomic mass is 10.1. The predicted octanol–water partition coefficient (Wildman–Crippen LogP) is 3.71. The number of hydrogen-bond donors (Lipinski definition) is 2. The number of unbranched alkanes of at least 4 members (excludes halogenated alkanes) is 2. The molecule has 1 heterocycles. The van der Waals surface area contributed by atoms with Crippen molar-refractivity contribution < 1.29 is 19.4 Å². The van der Waals surface area contributed by atoms with E-state index in [1.807, 2.05) is 24.3 Å². The van der Waals surface area contributed by atoms with Crippen LogP contribution in [0.1, 0.15) is 25.7 Å². The number of aliphatic carboxylic acids is 1. The van der Waals surface area contributed by atoms with Gasteiger partial charge in [0.2, 0.25) is 0 Å². The molecule has 1 fully saturated rings. The first-order valence-corrected chi connectivity index (χ1v) is 11.2. The molecular formula is C25H34N2O4. The van der Waals surface area contributed by atoms with Crippen LogP contribution in [0.2, 0.25) is 0 Å². The summed E-state index contributed by atoms with van der Waals surface area (Å²) in [7, 11) is 0. The lowest BCUT2D eigenvalue weighted by Crippen LogP contribution is -2.40. The van der Waals surface area contributed by atoms with Gasteiger partial charge in [-0.2, -0.15) is 0 Å². The molecule has 0 unspecified atom stereocenters. The Morgan fingerprint density at radius 2 is 1.94 bits per heavy atom. The summed E-state index contributed by atoms with van der Waals surface area (Å²) in [5.74, 6) is 0.163. The fraction of sp³-hybridized carbons (Fsp3) is 0.480. The van der Waals surface area contributed by atoms with Crippen LogP contribution >= 0.6 is 0 Å². The monoisotopic (exact) mass is 426 g/mol. The third-order valence-corrected chi connectivity index (χ3v) is 5.50. The number of allylic oxidation sites excluding steroid dienone is 1. The quantitative estimate of drug-likeness (QED) is 0.376. The molecule has 1 aliphatic heterocycles. The van der Waals surface area contributed by atoms with E-state index in [0.29, 0.717) is 13.0 Å². The van der Waals surface area contributed by atoms with Gasteiger partial charge in [-0.3, -0.25) is 9.69 Å². The molecule has 0 radical (unpaired) electrons. The lowest BCUT2D eigenvalue weighted by molar-refractivity contribution is -0.137. The second-order valence-electron chi connectivity index (χ2n) is 7.90. The number of morpholine rings is 1.